The maximum Gasteiger partial charge on any atom is 0.248 e. The Labute approximate surface area is 126 Å². The van der Waals surface area contributed by atoms with Gasteiger partial charge < -0.3 is 10.2 Å². The van der Waals surface area contributed by atoms with E-state index in [1.165, 1.54) is 0 Å². The number of hydrogen-bond acceptors (Lipinski definition) is 2. The minimum atomic E-state index is -0.501. The van der Waals surface area contributed by atoms with Crippen LogP contribution >= 0.6 is 0 Å². The van der Waals surface area contributed by atoms with Crippen LogP contribution in [0.25, 0.3) is 0 Å². The average molecular weight is 288 g/mol. The molecule has 4 heteroatoms. The molecule has 3 unspecified atom stereocenters. The van der Waals surface area contributed by atoms with Gasteiger partial charge in [0, 0.05) is 6.54 Å². The second kappa shape index (κ2) is 6.74. The van der Waals surface area contributed by atoms with E-state index in [1.54, 1.807) is 4.90 Å². The standard InChI is InChI=1S/C17H24N2O2/c1-4-11-19-15(13-9-7-6-8-10-13)16(20)18-14(17(19)21)12(3)5-2/h6-10,12,14-15H,4-5,11H2,1-3H3,(H,18,20). The number of benzene rings is 1. The molecule has 1 fully saturated rings. The van der Waals surface area contributed by atoms with Crippen LogP contribution in [0.3, 0.4) is 0 Å². The first-order chi connectivity index (χ1) is 10.1. The zero-order chi connectivity index (χ0) is 15.4. The second-order valence-corrected chi connectivity index (χ2v) is 5.72. The lowest BCUT2D eigenvalue weighted by Gasteiger charge is -2.40. The van der Waals surface area contributed by atoms with E-state index < -0.39 is 12.1 Å². The first-order valence-electron chi connectivity index (χ1n) is 7.75. The molecule has 1 heterocycles. The lowest BCUT2D eigenvalue weighted by atomic mass is 9.92. The van der Waals surface area contributed by atoms with Gasteiger partial charge in [0.1, 0.15) is 12.1 Å². The normalized spacial score (nSPS) is 23.9. The van der Waals surface area contributed by atoms with Crippen molar-refractivity contribution in [3.05, 3.63) is 35.9 Å². The van der Waals surface area contributed by atoms with Crippen molar-refractivity contribution in [2.75, 3.05) is 6.54 Å². The lowest BCUT2D eigenvalue weighted by Crippen LogP contribution is -2.61. The number of nitrogens with one attached hydrogen (secondary N) is 1. The van der Waals surface area contributed by atoms with Crippen LogP contribution < -0.4 is 5.32 Å². The van der Waals surface area contributed by atoms with Crippen LogP contribution in [0, 0.1) is 5.92 Å². The summed E-state index contributed by atoms with van der Waals surface area (Å²) in [5.41, 5.74) is 0.874. The summed E-state index contributed by atoms with van der Waals surface area (Å²) in [6.45, 7) is 6.69. The molecular weight excluding hydrogens is 264 g/mol. The van der Waals surface area contributed by atoms with Crippen LogP contribution in [0.5, 0.6) is 0 Å². The van der Waals surface area contributed by atoms with E-state index in [9.17, 15) is 9.59 Å². The highest BCUT2D eigenvalue weighted by atomic mass is 16.2. The monoisotopic (exact) mass is 288 g/mol. The SMILES string of the molecule is CCCN1C(=O)C(C(C)CC)NC(=O)C1c1ccccc1. The topological polar surface area (TPSA) is 49.4 Å². The highest BCUT2D eigenvalue weighted by Gasteiger charge is 2.42. The molecule has 2 rings (SSSR count). The summed E-state index contributed by atoms with van der Waals surface area (Å²) in [5.74, 6) is 0.122. The summed E-state index contributed by atoms with van der Waals surface area (Å²) >= 11 is 0. The molecule has 0 radical (unpaired) electrons. The molecule has 1 aliphatic rings. The number of rotatable bonds is 5. The fraction of sp³-hybridized carbons (Fsp3) is 0.529. The van der Waals surface area contributed by atoms with Crippen LogP contribution in [0.2, 0.25) is 0 Å². The zero-order valence-electron chi connectivity index (χ0n) is 13.0. The van der Waals surface area contributed by atoms with Crippen molar-refractivity contribution in [1.29, 1.82) is 0 Å². The molecule has 1 saturated heterocycles. The van der Waals surface area contributed by atoms with Crippen molar-refractivity contribution >= 4 is 11.8 Å². The summed E-state index contributed by atoms with van der Waals surface area (Å²) < 4.78 is 0. The second-order valence-electron chi connectivity index (χ2n) is 5.72. The summed E-state index contributed by atoms with van der Waals surface area (Å²) in [6.07, 6.45) is 1.71. The smallest absolute Gasteiger partial charge is 0.248 e. The highest BCUT2D eigenvalue weighted by molar-refractivity contribution is 5.97. The van der Waals surface area contributed by atoms with Gasteiger partial charge in [0.05, 0.1) is 0 Å². The molecule has 0 aliphatic carbocycles. The van der Waals surface area contributed by atoms with Gasteiger partial charge in [0.25, 0.3) is 0 Å². The molecule has 0 saturated carbocycles. The first-order valence-corrected chi connectivity index (χ1v) is 7.75. The van der Waals surface area contributed by atoms with Gasteiger partial charge in [-0.1, -0.05) is 57.5 Å². The maximum absolute atomic E-state index is 12.8. The predicted molar refractivity (Wildman–Crippen MR) is 82.6 cm³/mol. The van der Waals surface area contributed by atoms with Crippen molar-refractivity contribution < 1.29 is 9.59 Å². The minimum Gasteiger partial charge on any atom is -0.342 e. The van der Waals surface area contributed by atoms with Gasteiger partial charge in [-0.3, -0.25) is 9.59 Å². The number of amides is 2. The molecule has 1 aliphatic heterocycles. The maximum atomic E-state index is 12.8. The molecule has 4 nitrogen and oxygen atoms in total. The third-order valence-corrected chi connectivity index (χ3v) is 4.20. The van der Waals surface area contributed by atoms with Crippen LogP contribution in [0.4, 0.5) is 0 Å². The number of carbonyl (C=O) groups excluding carboxylic acids is 2. The highest BCUT2D eigenvalue weighted by Crippen LogP contribution is 2.28. The molecule has 2 amide bonds. The number of hydrogen-bond donors (Lipinski definition) is 1. The quantitative estimate of drug-likeness (QED) is 0.905. The van der Waals surface area contributed by atoms with E-state index in [-0.39, 0.29) is 17.7 Å². The van der Waals surface area contributed by atoms with Crippen molar-refractivity contribution in [3.8, 4) is 0 Å². The van der Waals surface area contributed by atoms with Gasteiger partial charge in [-0.2, -0.15) is 0 Å². The van der Waals surface area contributed by atoms with E-state index in [2.05, 4.69) is 5.32 Å². The largest absolute Gasteiger partial charge is 0.342 e. The Balaban J connectivity index is 2.33. The first kappa shape index (κ1) is 15.5. The summed E-state index contributed by atoms with van der Waals surface area (Å²) in [5, 5.41) is 2.92. The molecule has 1 aromatic rings. The lowest BCUT2D eigenvalue weighted by molar-refractivity contribution is -0.151. The van der Waals surface area contributed by atoms with E-state index in [1.807, 2.05) is 51.1 Å². The summed E-state index contributed by atoms with van der Waals surface area (Å²) in [4.78, 5) is 27.0. The van der Waals surface area contributed by atoms with E-state index >= 15 is 0 Å². The Hall–Kier alpha value is -1.84. The van der Waals surface area contributed by atoms with Crippen LogP contribution in [-0.2, 0) is 9.59 Å². The predicted octanol–water partition coefficient (Wildman–Crippen LogP) is 2.51. The van der Waals surface area contributed by atoms with Crippen molar-refractivity contribution in [1.82, 2.24) is 10.2 Å². The third-order valence-electron chi connectivity index (χ3n) is 4.20. The molecule has 1 N–H and O–H groups in total. The molecule has 3 atom stereocenters. The number of piperazine rings is 1. The van der Waals surface area contributed by atoms with Gasteiger partial charge >= 0.3 is 0 Å². The molecular formula is C17H24N2O2. The molecule has 0 aromatic heterocycles. The Bertz CT molecular complexity index is 501. The number of carbonyl (C=O) groups is 2. The average Bonchev–Trinajstić information content (AvgIpc) is 2.51. The van der Waals surface area contributed by atoms with Crippen molar-refractivity contribution in [2.24, 2.45) is 5.92 Å². The Morgan fingerprint density at radius 2 is 1.86 bits per heavy atom. The van der Waals surface area contributed by atoms with Crippen LogP contribution in [-0.4, -0.2) is 29.3 Å². The third kappa shape index (κ3) is 3.09. The summed E-state index contributed by atoms with van der Waals surface area (Å²) in [6, 6.07) is 8.63. The fourth-order valence-electron chi connectivity index (χ4n) is 2.81. The van der Waals surface area contributed by atoms with Gasteiger partial charge in [-0.05, 0) is 17.9 Å². The Morgan fingerprint density at radius 3 is 2.43 bits per heavy atom. The molecule has 0 spiro atoms. The van der Waals surface area contributed by atoms with Crippen molar-refractivity contribution in [3.63, 3.8) is 0 Å². The van der Waals surface area contributed by atoms with Crippen LogP contribution in [0.1, 0.15) is 45.2 Å². The summed E-state index contributed by atoms with van der Waals surface area (Å²) in [7, 11) is 0. The van der Waals surface area contributed by atoms with Crippen LogP contribution in [0.15, 0.2) is 30.3 Å². The van der Waals surface area contributed by atoms with Gasteiger partial charge in [-0.25, -0.2) is 0 Å². The molecule has 21 heavy (non-hydrogen) atoms. The van der Waals surface area contributed by atoms with Gasteiger partial charge in [0.15, 0.2) is 0 Å². The zero-order valence-corrected chi connectivity index (χ0v) is 13.0. The van der Waals surface area contributed by atoms with Gasteiger partial charge in [-0.15, -0.1) is 0 Å². The number of nitrogens with zero attached hydrogens (tertiary/aromatic N) is 1. The molecule has 1 aromatic carbocycles. The van der Waals surface area contributed by atoms with E-state index in [0.717, 1.165) is 18.4 Å². The minimum absolute atomic E-state index is 0.0413. The molecule has 0 bridgehead atoms. The van der Waals surface area contributed by atoms with Gasteiger partial charge in [0.2, 0.25) is 11.8 Å². The van der Waals surface area contributed by atoms with E-state index in [0.29, 0.717) is 6.54 Å². The Morgan fingerprint density at radius 1 is 1.19 bits per heavy atom. The van der Waals surface area contributed by atoms with E-state index in [4.69, 9.17) is 0 Å². The van der Waals surface area contributed by atoms with Crippen molar-refractivity contribution in [2.45, 2.75) is 45.7 Å². The fourth-order valence-corrected chi connectivity index (χ4v) is 2.81. The Kier molecular flexibility index (Phi) is 4.99. The molecule has 114 valence electrons.